The minimum Gasteiger partial charge on any atom is -0.497 e. The predicted molar refractivity (Wildman–Crippen MR) is 128 cm³/mol. The fourth-order valence-corrected chi connectivity index (χ4v) is 4.64. The number of carboxylic acids is 1. The SMILES string of the molecule is COc1ccc2nccc([C@@H](O)CC[C@@H]3CCN(CC#Cc4nccn4C)C[C@@H]3C(=O)O)c2c1. The quantitative estimate of drug-likeness (QED) is 0.521. The Labute approximate surface area is 199 Å². The Kier molecular flexibility index (Phi) is 7.46. The molecule has 34 heavy (non-hydrogen) atoms. The highest BCUT2D eigenvalue weighted by atomic mass is 16.5. The largest absolute Gasteiger partial charge is 0.497 e. The monoisotopic (exact) mass is 462 g/mol. The van der Waals surface area contributed by atoms with Gasteiger partial charge in [0, 0.05) is 37.6 Å². The highest BCUT2D eigenvalue weighted by Gasteiger charge is 2.34. The lowest BCUT2D eigenvalue weighted by Gasteiger charge is -2.36. The summed E-state index contributed by atoms with van der Waals surface area (Å²) in [6.45, 7) is 1.76. The lowest BCUT2D eigenvalue weighted by Crippen LogP contribution is -2.44. The number of rotatable bonds is 7. The molecule has 2 aromatic heterocycles. The smallest absolute Gasteiger partial charge is 0.308 e. The summed E-state index contributed by atoms with van der Waals surface area (Å²) in [5.74, 6) is 6.29. The summed E-state index contributed by atoms with van der Waals surface area (Å²) >= 11 is 0. The van der Waals surface area contributed by atoms with Crippen molar-refractivity contribution in [3.63, 3.8) is 0 Å². The van der Waals surface area contributed by atoms with Crippen LogP contribution in [0.15, 0.2) is 42.9 Å². The first-order valence-corrected chi connectivity index (χ1v) is 11.5. The molecule has 3 heterocycles. The minimum atomic E-state index is -0.791. The first-order valence-electron chi connectivity index (χ1n) is 11.5. The zero-order valence-corrected chi connectivity index (χ0v) is 19.5. The summed E-state index contributed by atoms with van der Waals surface area (Å²) in [5.41, 5.74) is 1.58. The van der Waals surface area contributed by atoms with E-state index < -0.39 is 18.0 Å². The van der Waals surface area contributed by atoms with E-state index in [2.05, 4.69) is 26.7 Å². The van der Waals surface area contributed by atoms with Gasteiger partial charge in [-0.05, 0) is 67.5 Å². The molecule has 1 aromatic carbocycles. The molecule has 0 saturated carbocycles. The molecule has 1 fully saturated rings. The predicted octanol–water partition coefficient (Wildman–Crippen LogP) is 2.86. The highest BCUT2D eigenvalue weighted by Crippen LogP contribution is 2.33. The Bertz CT molecular complexity index is 1210. The molecule has 8 nitrogen and oxygen atoms in total. The number of piperidine rings is 1. The number of aliphatic carboxylic acids is 1. The first kappa shape index (κ1) is 23.7. The van der Waals surface area contributed by atoms with Crippen molar-refractivity contribution in [3.8, 4) is 17.6 Å². The van der Waals surface area contributed by atoms with Crippen molar-refractivity contribution in [2.24, 2.45) is 18.9 Å². The van der Waals surface area contributed by atoms with Gasteiger partial charge in [0.05, 0.1) is 31.2 Å². The number of imidazole rings is 1. The molecule has 0 amide bonds. The number of aryl methyl sites for hydroxylation is 1. The van der Waals surface area contributed by atoms with E-state index in [0.29, 0.717) is 37.5 Å². The fourth-order valence-electron chi connectivity index (χ4n) is 4.64. The summed E-state index contributed by atoms with van der Waals surface area (Å²) in [4.78, 5) is 22.7. The highest BCUT2D eigenvalue weighted by molar-refractivity contribution is 5.83. The molecule has 1 aliphatic heterocycles. The first-order chi connectivity index (χ1) is 16.5. The van der Waals surface area contributed by atoms with Gasteiger partial charge in [-0.25, -0.2) is 4.98 Å². The van der Waals surface area contributed by atoms with Crippen molar-refractivity contribution in [1.29, 1.82) is 0 Å². The molecule has 3 atom stereocenters. The molecule has 1 saturated heterocycles. The standard InChI is InChI=1S/C26H30N4O4/c1-29-15-12-28-25(29)4-3-13-30-14-10-18(22(17-30)26(32)33)5-8-24(31)20-9-11-27-23-7-6-19(34-2)16-21(20)23/h6-7,9,11-12,15-16,18,22,24,31H,5,8,10,13-14,17H2,1-2H3,(H,32,33)/t18-,22+,24+/m1/s1. The second kappa shape index (κ2) is 10.7. The Hall–Kier alpha value is -3.41. The number of aliphatic hydroxyl groups is 1. The van der Waals surface area contributed by atoms with Crippen LogP contribution in [0.25, 0.3) is 10.9 Å². The maximum atomic E-state index is 12.0. The number of benzene rings is 1. The van der Waals surface area contributed by atoms with E-state index >= 15 is 0 Å². The zero-order valence-electron chi connectivity index (χ0n) is 19.5. The van der Waals surface area contributed by atoms with Crippen LogP contribution in [0.3, 0.4) is 0 Å². The van der Waals surface area contributed by atoms with Crippen LogP contribution in [-0.4, -0.2) is 62.4 Å². The van der Waals surface area contributed by atoms with E-state index in [1.165, 1.54) is 0 Å². The average molecular weight is 463 g/mol. The average Bonchev–Trinajstić information content (AvgIpc) is 3.26. The van der Waals surface area contributed by atoms with Crippen LogP contribution in [-0.2, 0) is 11.8 Å². The summed E-state index contributed by atoms with van der Waals surface area (Å²) in [6.07, 6.45) is 6.43. The number of hydrogen-bond acceptors (Lipinski definition) is 6. The van der Waals surface area contributed by atoms with Gasteiger partial charge in [0.1, 0.15) is 5.75 Å². The summed E-state index contributed by atoms with van der Waals surface area (Å²) in [7, 11) is 3.50. The Morgan fingerprint density at radius 3 is 2.88 bits per heavy atom. The second-order valence-electron chi connectivity index (χ2n) is 8.77. The maximum Gasteiger partial charge on any atom is 0.308 e. The molecule has 0 aliphatic carbocycles. The molecule has 3 aromatic rings. The van der Waals surface area contributed by atoms with Crippen molar-refractivity contribution in [3.05, 3.63) is 54.2 Å². The molecule has 0 radical (unpaired) electrons. The number of carboxylic acid groups (broad SMARTS) is 1. The number of methoxy groups -OCH3 is 1. The van der Waals surface area contributed by atoms with Gasteiger partial charge in [0.2, 0.25) is 0 Å². The molecule has 0 spiro atoms. The lowest BCUT2D eigenvalue weighted by molar-refractivity contribution is -0.146. The van der Waals surface area contributed by atoms with Gasteiger partial charge in [0.25, 0.3) is 0 Å². The van der Waals surface area contributed by atoms with Crippen molar-refractivity contribution in [2.75, 3.05) is 26.7 Å². The van der Waals surface area contributed by atoms with Crippen LogP contribution in [0.4, 0.5) is 0 Å². The third-order valence-corrected chi connectivity index (χ3v) is 6.63. The maximum absolute atomic E-state index is 12.0. The Balaban J connectivity index is 1.38. The summed E-state index contributed by atoms with van der Waals surface area (Å²) in [5, 5.41) is 21.7. The van der Waals surface area contributed by atoms with E-state index in [0.717, 1.165) is 29.4 Å². The van der Waals surface area contributed by atoms with Gasteiger partial charge in [-0.2, -0.15) is 0 Å². The van der Waals surface area contributed by atoms with E-state index in [-0.39, 0.29) is 5.92 Å². The number of nitrogens with zero attached hydrogens (tertiary/aromatic N) is 4. The minimum absolute atomic E-state index is 0.00790. The number of aliphatic hydroxyl groups excluding tert-OH is 1. The molecule has 2 N–H and O–H groups in total. The summed E-state index contributed by atoms with van der Waals surface area (Å²) < 4.78 is 7.18. The number of hydrogen-bond donors (Lipinski definition) is 2. The number of ether oxygens (including phenoxy) is 1. The molecule has 0 unspecified atom stereocenters. The number of likely N-dealkylation sites (tertiary alicyclic amines) is 1. The van der Waals surface area contributed by atoms with E-state index in [1.807, 2.05) is 42.1 Å². The Morgan fingerprint density at radius 2 is 2.15 bits per heavy atom. The lowest BCUT2D eigenvalue weighted by atomic mass is 9.81. The number of pyridine rings is 1. The fraction of sp³-hybridized carbons (Fsp3) is 0.423. The molecular weight excluding hydrogens is 432 g/mol. The summed E-state index contributed by atoms with van der Waals surface area (Å²) in [6, 6.07) is 7.42. The van der Waals surface area contributed by atoms with E-state index in [1.54, 1.807) is 19.5 Å². The van der Waals surface area contributed by atoms with Crippen LogP contribution >= 0.6 is 0 Å². The molecule has 4 rings (SSSR count). The van der Waals surface area contributed by atoms with Crippen molar-refractivity contribution in [1.82, 2.24) is 19.4 Å². The number of aromatic nitrogens is 3. The van der Waals surface area contributed by atoms with Crippen molar-refractivity contribution < 1.29 is 19.7 Å². The van der Waals surface area contributed by atoms with Gasteiger partial charge >= 0.3 is 5.97 Å². The van der Waals surface area contributed by atoms with E-state index in [9.17, 15) is 15.0 Å². The van der Waals surface area contributed by atoms with E-state index in [4.69, 9.17) is 4.74 Å². The molecular formula is C26H30N4O4. The topological polar surface area (TPSA) is 101 Å². The third-order valence-electron chi connectivity index (χ3n) is 6.63. The zero-order chi connectivity index (χ0) is 24.1. The Morgan fingerprint density at radius 1 is 1.29 bits per heavy atom. The van der Waals surface area contributed by atoms with Crippen LogP contribution in [0.1, 0.15) is 36.8 Å². The van der Waals surface area contributed by atoms with Gasteiger partial charge in [-0.1, -0.05) is 5.92 Å². The molecule has 0 bridgehead atoms. The molecule has 1 aliphatic rings. The van der Waals surface area contributed by atoms with Crippen molar-refractivity contribution >= 4 is 16.9 Å². The van der Waals surface area contributed by atoms with Crippen LogP contribution in [0.5, 0.6) is 5.75 Å². The van der Waals surface area contributed by atoms with Gasteiger partial charge < -0.3 is 19.5 Å². The molecule has 8 heteroatoms. The van der Waals surface area contributed by atoms with Crippen LogP contribution < -0.4 is 4.74 Å². The van der Waals surface area contributed by atoms with Gasteiger partial charge in [0.15, 0.2) is 5.82 Å². The normalized spacial score (nSPS) is 19.4. The van der Waals surface area contributed by atoms with Crippen LogP contribution in [0.2, 0.25) is 0 Å². The number of carbonyl (C=O) groups is 1. The van der Waals surface area contributed by atoms with Crippen LogP contribution in [0, 0.1) is 23.7 Å². The second-order valence-corrected chi connectivity index (χ2v) is 8.77. The molecule has 178 valence electrons. The third kappa shape index (κ3) is 5.38. The van der Waals surface area contributed by atoms with Gasteiger partial charge in [-0.3, -0.25) is 14.7 Å². The van der Waals surface area contributed by atoms with Gasteiger partial charge in [-0.15, -0.1) is 0 Å². The number of fused-ring (bicyclic) bond motifs is 1. The van der Waals surface area contributed by atoms with Crippen molar-refractivity contribution in [2.45, 2.75) is 25.4 Å².